The second kappa shape index (κ2) is 5.61. The molecule has 0 saturated carbocycles. The van der Waals surface area contributed by atoms with E-state index in [9.17, 15) is 13.2 Å². The lowest BCUT2D eigenvalue weighted by Gasteiger charge is -2.09. The molecule has 0 fully saturated rings. The van der Waals surface area contributed by atoms with E-state index in [4.69, 9.17) is 4.74 Å². The SMILES string of the molecule is C=CCOc1cc(F)c(-c2[c]ccc(F)c2)c(F)c1. The zero-order valence-corrected chi connectivity index (χ0v) is 9.92. The van der Waals surface area contributed by atoms with Gasteiger partial charge in [0.15, 0.2) is 0 Å². The number of ether oxygens (including phenoxy) is 1. The highest BCUT2D eigenvalue weighted by Crippen LogP contribution is 2.29. The molecule has 0 aliphatic heterocycles. The zero-order chi connectivity index (χ0) is 13.8. The van der Waals surface area contributed by atoms with Crippen LogP contribution in [0.25, 0.3) is 11.1 Å². The standard InChI is InChI=1S/C15H10F3O/c1-2-6-19-12-8-13(17)15(14(18)9-12)10-4-3-5-11(16)7-10/h2-3,5,7-9H,1,6H2. The van der Waals surface area contributed by atoms with Gasteiger partial charge in [0.05, 0.1) is 5.56 Å². The lowest BCUT2D eigenvalue weighted by molar-refractivity contribution is 0.358. The maximum Gasteiger partial charge on any atom is 0.137 e. The van der Waals surface area contributed by atoms with Gasteiger partial charge in [-0.2, -0.15) is 0 Å². The summed E-state index contributed by atoms with van der Waals surface area (Å²) < 4.78 is 45.8. The van der Waals surface area contributed by atoms with Gasteiger partial charge in [0, 0.05) is 12.1 Å². The topological polar surface area (TPSA) is 9.23 Å². The van der Waals surface area contributed by atoms with Gasteiger partial charge in [0.25, 0.3) is 0 Å². The van der Waals surface area contributed by atoms with Crippen LogP contribution >= 0.6 is 0 Å². The minimum atomic E-state index is -0.832. The van der Waals surface area contributed by atoms with Gasteiger partial charge in [-0.25, -0.2) is 13.2 Å². The monoisotopic (exact) mass is 263 g/mol. The summed E-state index contributed by atoms with van der Waals surface area (Å²) >= 11 is 0. The largest absolute Gasteiger partial charge is 0.489 e. The van der Waals surface area contributed by atoms with Gasteiger partial charge >= 0.3 is 0 Å². The fourth-order valence-electron chi connectivity index (χ4n) is 1.63. The Morgan fingerprint density at radius 3 is 2.42 bits per heavy atom. The molecule has 97 valence electrons. The van der Waals surface area contributed by atoms with E-state index >= 15 is 0 Å². The predicted molar refractivity (Wildman–Crippen MR) is 66.3 cm³/mol. The molecule has 1 radical (unpaired) electrons. The van der Waals surface area contributed by atoms with Gasteiger partial charge in [-0.15, -0.1) is 0 Å². The summed E-state index contributed by atoms with van der Waals surface area (Å²) in [5.41, 5.74) is -0.310. The molecule has 0 amide bonds. The van der Waals surface area contributed by atoms with E-state index in [2.05, 4.69) is 12.6 Å². The smallest absolute Gasteiger partial charge is 0.137 e. The number of hydrogen-bond acceptors (Lipinski definition) is 1. The molecule has 2 aromatic rings. The third-order valence-corrected chi connectivity index (χ3v) is 2.42. The Bertz CT molecular complexity index is 585. The summed E-state index contributed by atoms with van der Waals surface area (Å²) in [6.07, 6.45) is 1.46. The van der Waals surface area contributed by atoms with Crippen LogP contribution in [0, 0.1) is 23.5 Å². The highest BCUT2D eigenvalue weighted by molar-refractivity contribution is 5.65. The van der Waals surface area contributed by atoms with Crippen LogP contribution in [0.3, 0.4) is 0 Å². The van der Waals surface area contributed by atoms with E-state index in [-0.39, 0.29) is 23.5 Å². The summed E-state index contributed by atoms with van der Waals surface area (Å²) in [4.78, 5) is 0. The Labute approximate surface area is 109 Å². The molecule has 0 aliphatic carbocycles. The molecule has 0 atom stereocenters. The van der Waals surface area contributed by atoms with Crippen LogP contribution in [0.4, 0.5) is 13.2 Å². The molecule has 0 bridgehead atoms. The molecule has 4 heteroatoms. The second-order valence-electron chi connectivity index (χ2n) is 3.78. The summed E-state index contributed by atoms with van der Waals surface area (Å²) in [6, 6.07) is 8.12. The Hall–Kier alpha value is -2.23. The minimum Gasteiger partial charge on any atom is -0.489 e. The Balaban J connectivity index is 2.44. The maximum absolute atomic E-state index is 13.9. The van der Waals surface area contributed by atoms with E-state index in [0.717, 1.165) is 24.3 Å². The van der Waals surface area contributed by atoms with Crippen LogP contribution in [0.5, 0.6) is 5.75 Å². The van der Waals surface area contributed by atoms with Gasteiger partial charge in [-0.1, -0.05) is 18.7 Å². The normalized spacial score (nSPS) is 10.3. The van der Waals surface area contributed by atoms with E-state index in [1.807, 2.05) is 0 Å². The van der Waals surface area contributed by atoms with E-state index < -0.39 is 17.5 Å². The van der Waals surface area contributed by atoms with Crippen molar-refractivity contribution in [1.29, 1.82) is 0 Å². The summed E-state index contributed by atoms with van der Waals surface area (Å²) in [5.74, 6) is -2.20. The van der Waals surface area contributed by atoms with Crippen LogP contribution in [0.1, 0.15) is 0 Å². The molecule has 0 aliphatic rings. The highest BCUT2D eigenvalue weighted by atomic mass is 19.1. The first-order chi connectivity index (χ1) is 9.11. The van der Waals surface area contributed by atoms with Crippen LogP contribution in [0.2, 0.25) is 0 Å². The van der Waals surface area contributed by atoms with Crippen molar-refractivity contribution < 1.29 is 17.9 Å². The summed E-state index contributed by atoms with van der Waals surface area (Å²) in [5, 5.41) is 0. The van der Waals surface area contributed by atoms with Crippen molar-refractivity contribution in [3.05, 3.63) is 66.5 Å². The van der Waals surface area contributed by atoms with Crippen molar-refractivity contribution in [3.8, 4) is 16.9 Å². The number of rotatable bonds is 4. The van der Waals surface area contributed by atoms with Gasteiger partial charge in [0.1, 0.15) is 29.8 Å². The molecule has 1 nitrogen and oxygen atoms in total. The van der Waals surface area contributed by atoms with Crippen LogP contribution in [0.15, 0.2) is 43.0 Å². The molecule has 2 aromatic carbocycles. The van der Waals surface area contributed by atoms with Crippen LogP contribution < -0.4 is 4.74 Å². The van der Waals surface area contributed by atoms with Gasteiger partial charge in [-0.05, 0) is 23.8 Å². The number of benzene rings is 2. The van der Waals surface area contributed by atoms with Crippen molar-refractivity contribution in [3.63, 3.8) is 0 Å². The summed E-state index contributed by atoms with van der Waals surface area (Å²) in [6.45, 7) is 3.58. The van der Waals surface area contributed by atoms with Gasteiger partial charge in [0.2, 0.25) is 0 Å². The zero-order valence-electron chi connectivity index (χ0n) is 9.92. The Kier molecular flexibility index (Phi) is 3.90. The van der Waals surface area contributed by atoms with Crippen LogP contribution in [-0.4, -0.2) is 6.61 Å². The van der Waals surface area contributed by atoms with Crippen molar-refractivity contribution >= 4 is 0 Å². The lowest BCUT2D eigenvalue weighted by atomic mass is 10.0. The third-order valence-electron chi connectivity index (χ3n) is 2.42. The van der Waals surface area contributed by atoms with E-state index in [1.165, 1.54) is 12.1 Å². The first-order valence-corrected chi connectivity index (χ1v) is 5.52. The number of halogens is 3. The molecule has 0 aromatic heterocycles. The average molecular weight is 263 g/mol. The molecule has 19 heavy (non-hydrogen) atoms. The average Bonchev–Trinajstić information content (AvgIpc) is 2.35. The fraction of sp³-hybridized carbons (Fsp3) is 0.0667. The molecule has 2 rings (SSSR count). The van der Waals surface area contributed by atoms with E-state index in [0.29, 0.717) is 0 Å². The second-order valence-corrected chi connectivity index (χ2v) is 3.78. The molecular weight excluding hydrogens is 253 g/mol. The Morgan fingerprint density at radius 1 is 1.16 bits per heavy atom. The molecular formula is C15H10F3O. The van der Waals surface area contributed by atoms with Crippen LogP contribution in [-0.2, 0) is 0 Å². The van der Waals surface area contributed by atoms with Crippen molar-refractivity contribution in [2.45, 2.75) is 0 Å². The predicted octanol–water partition coefficient (Wildman–Crippen LogP) is 4.14. The first-order valence-electron chi connectivity index (χ1n) is 5.52. The maximum atomic E-state index is 13.9. The molecule has 0 unspecified atom stereocenters. The van der Waals surface area contributed by atoms with Crippen molar-refractivity contribution in [2.75, 3.05) is 6.61 Å². The fourth-order valence-corrected chi connectivity index (χ4v) is 1.63. The molecule has 0 N–H and O–H groups in total. The first kappa shape index (κ1) is 13.2. The van der Waals surface area contributed by atoms with Crippen molar-refractivity contribution in [2.24, 2.45) is 0 Å². The Morgan fingerprint density at radius 2 is 1.84 bits per heavy atom. The number of hydrogen-bond donors (Lipinski definition) is 0. The minimum absolute atomic E-state index is 0.0188. The molecule has 0 heterocycles. The molecule has 0 saturated heterocycles. The summed E-state index contributed by atoms with van der Waals surface area (Å²) in [7, 11) is 0. The van der Waals surface area contributed by atoms with Gasteiger partial charge < -0.3 is 4.74 Å². The van der Waals surface area contributed by atoms with E-state index in [1.54, 1.807) is 0 Å². The molecule has 0 spiro atoms. The van der Waals surface area contributed by atoms with Gasteiger partial charge in [-0.3, -0.25) is 0 Å². The third kappa shape index (κ3) is 2.96. The highest BCUT2D eigenvalue weighted by Gasteiger charge is 2.14. The lowest BCUT2D eigenvalue weighted by Crippen LogP contribution is -1.97. The van der Waals surface area contributed by atoms with Crippen molar-refractivity contribution in [1.82, 2.24) is 0 Å². The quantitative estimate of drug-likeness (QED) is 0.753.